The number of nitrogens with zero attached hydrogens (tertiary/aromatic N) is 3. The van der Waals surface area contributed by atoms with Crippen LogP contribution in [0.2, 0.25) is 0 Å². The topological polar surface area (TPSA) is 81.5 Å². The van der Waals surface area contributed by atoms with Gasteiger partial charge in [0.1, 0.15) is 0 Å². The van der Waals surface area contributed by atoms with E-state index in [0.29, 0.717) is 5.69 Å². The third-order valence-corrected chi connectivity index (χ3v) is 4.26. The molecule has 0 saturated carbocycles. The Bertz CT molecular complexity index is 708. The molecule has 0 fully saturated rings. The van der Waals surface area contributed by atoms with Gasteiger partial charge in [0.25, 0.3) is 0 Å². The van der Waals surface area contributed by atoms with Crippen LogP contribution in [0.5, 0.6) is 6.01 Å². The molecule has 8 heteroatoms. The fourth-order valence-electron chi connectivity index (χ4n) is 1.56. The minimum Gasteiger partial charge on any atom is -0.394 e. The van der Waals surface area contributed by atoms with Crippen molar-refractivity contribution >= 4 is 16.7 Å². The Morgan fingerprint density at radius 1 is 1.25 bits per heavy atom. The van der Waals surface area contributed by atoms with E-state index in [0.717, 1.165) is 13.8 Å². The molecular weight excluding hydrogens is 282 g/mol. The van der Waals surface area contributed by atoms with Crippen molar-refractivity contribution in [2.75, 3.05) is 14.1 Å². The Labute approximate surface area is 116 Å². The number of hydrogen-bond acceptors (Lipinski definition) is 5. The maximum absolute atomic E-state index is 12.1. The molecule has 0 N–H and O–H groups in total. The monoisotopic (exact) mass is 295 g/mol. The molecule has 0 aliphatic carbocycles. The van der Waals surface area contributed by atoms with Crippen molar-refractivity contribution in [2.45, 2.75) is 0 Å². The van der Waals surface area contributed by atoms with E-state index in [2.05, 4.69) is 9.72 Å². The third kappa shape index (κ3) is 2.56. The third-order valence-electron chi connectivity index (χ3n) is 2.58. The lowest BCUT2D eigenvalue weighted by Gasteiger charge is -2.12. The number of ether oxygens (including phenoxy) is 1. The van der Waals surface area contributed by atoms with E-state index < -0.39 is 10.2 Å². The maximum Gasteiger partial charge on any atom is 0.319 e. The molecule has 0 aliphatic heterocycles. The van der Waals surface area contributed by atoms with Gasteiger partial charge in [-0.05, 0) is 0 Å². The van der Waals surface area contributed by atoms with Gasteiger partial charge in [0.15, 0.2) is 0 Å². The predicted octanol–water partition coefficient (Wildman–Crippen LogP) is 0.740. The predicted molar refractivity (Wildman–Crippen MR) is 72.4 cm³/mol. The molecule has 1 aromatic carbocycles. The summed E-state index contributed by atoms with van der Waals surface area (Å²) >= 11 is 0. The Hall–Kier alpha value is -2.19. The van der Waals surface area contributed by atoms with Crippen LogP contribution in [0, 0.1) is 0 Å². The molecule has 0 saturated heterocycles. The molecule has 2 rings (SSSR count). The molecule has 0 amide bonds. The normalized spacial score (nSPS) is 11.6. The van der Waals surface area contributed by atoms with E-state index in [1.807, 2.05) is 6.07 Å². The number of carbonyl (C=O) groups is 1. The average molecular weight is 295 g/mol. The van der Waals surface area contributed by atoms with Crippen LogP contribution in [0.3, 0.4) is 0 Å². The van der Waals surface area contributed by atoms with Gasteiger partial charge in [-0.2, -0.15) is 21.7 Å². The van der Waals surface area contributed by atoms with E-state index in [1.54, 1.807) is 24.3 Å². The number of imidazole rings is 1. The number of benzene rings is 1. The molecule has 0 aliphatic rings. The number of hydrogen-bond donors (Lipinski definition) is 0. The molecule has 7 nitrogen and oxygen atoms in total. The van der Waals surface area contributed by atoms with E-state index >= 15 is 0 Å². The Morgan fingerprint density at radius 2 is 1.90 bits per heavy atom. The zero-order chi connectivity index (χ0) is 14.8. The van der Waals surface area contributed by atoms with Crippen LogP contribution in [-0.2, 0) is 15.0 Å². The summed E-state index contributed by atoms with van der Waals surface area (Å²) < 4.78 is 30.7. The van der Waals surface area contributed by atoms with Crippen molar-refractivity contribution in [1.82, 2.24) is 13.3 Å². The van der Waals surface area contributed by atoms with Gasteiger partial charge >= 0.3 is 22.7 Å². The van der Waals surface area contributed by atoms with Gasteiger partial charge in [-0.3, -0.25) is 4.79 Å². The van der Waals surface area contributed by atoms with Crippen molar-refractivity contribution in [3.63, 3.8) is 0 Å². The highest BCUT2D eigenvalue weighted by Crippen LogP contribution is 2.23. The maximum atomic E-state index is 12.1. The van der Waals surface area contributed by atoms with E-state index in [-0.39, 0.29) is 12.5 Å². The highest BCUT2D eigenvalue weighted by atomic mass is 32.2. The smallest absolute Gasteiger partial charge is 0.319 e. The lowest BCUT2D eigenvalue weighted by Crippen LogP contribution is -2.28. The number of aromatic nitrogens is 2. The molecule has 0 unspecified atom stereocenters. The summed E-state index contributed by atoms with van der Waals surface area (Å²) in [4.78, 5) is 14.5. The minimum absolute atomic E-state index is 0.138. The molecule has 20 heavy (non-hydrogen) atoms. The summed E-state index contributed by atoms with van der Waals surface area (Å²) in [6.07, 6.45) is 1.31. The first kappa shape index (κ1) is 14.2. The van der Waals surface area contributed by atoms with Gasteiger partial charge in [0, 0.05) is 19.7 Å². The average Bonchev–Trinajstić information content (AvgIpc) is 2.85. The van der Waals surface area contributed by atoms with E-state index in [9.17, 15) is 13.2 Å². The molecule has 1 heterocycles. The SMILES string of the molecule is CN(C)S(=O)(=O)n1cc(-c2ccccc2)nc1OC=O. The zero-order valence-corrected chi connectivity index (χ0v) is 11.7. The van der Waals surface area contributed by atoms with Crippen LogP contribution >= 0.6 is 0 Å². The van der Waals surface area contributed by atoms with Crippen molar-refractivity contribution < 1.29 is 17.9 Å². The fourth-order valence-corrected chi connectivity index (χ4v) is 2.42. The second-order valence-electron chi connectivity index (χ2n) is 4.07. The summed E-state index contributed by atoms with van der Waals surface area (Å²) in [7, 11) is -1.06. The quantitative estimate of drug-likeness (QED) is 0.760. The number of rotatable bonds is 5. The first-order chi connectivity index (χ1) is 9.46. The van der Waals surface area contributed by atoms with Crippen LogP contribution in [0.1, 0.15) is 0 Å². The lowest BCUT2D eigenvalue weighted by atomic mass is 10.2. The van der Waals surface area contributed by atoms with Gasteiger partial charge in [-0.1, -0.05) is 30.3 Å². The van der Waals surface area contributed by atoms with Crippen molar-refractivity contribution in [3.8, 4) is 17.3 Å². The van der Waals surface area contributed by atoms with Crippen molar-refractivity contribution in [3.05, 3.63) is 36.5 Å². The Morgan fingerprint density at radius 3 is 2.45 bits per heavy atom. The summed E-state index contributed by atoms with van der Waals surface area (Å²) in [5.41, 5.74) is 1.11. The van der Waals surface area contributed by atoms with E-state index in [4.69, 9.17) is 0 Å². The summed E-state index contributed by atoms with van der Waals surface area (Å²) in [5.74, 6) is 0. The first-order valence-electron chi connectivity index (χ1n) is 5.65. The fraction of sp³-hybridized carbons (Fsp3) is 0.167. The Kier molecular flexibility index (Phi) is 3.86. The first-order valence-corrected chi connectivity index (χ1v) is 7.04. The molecule has 2 aromatic rings. The van der Waals surface area contributed by atoms with Crippen molar-refractivity contribution in [2.24, 2.45) is 0 Å². The molecule has 0 spiro atoms. The van der Waals surface area contributed by atoms with Crippen LogP contribution in [0.15, 0.2) is 36.5 Å². The zero-order valence-electron chi connectivity index (χ0n) is 10.9. The van der Waals surface area contributed by atoms with Gasteiger partial charge < -0.3 is 4.74 Å². The van der Waals surface area contributed by atoms with Crippen LogP contribution in [-0.4, -0.2) is 42.2 Å². The van der Waals surface area contributed by atoms with Gasteiger partial charge in [-0.15, -0.1) is 0 Å². The number of carbonyl (C=O) groups excluding carboxylic acids is 1. The molecule has 1 aromatic heterocycles. The van der Waals surface area contributed by atoms with Crippen LogP contribution < -0.4 is 4.74 Å². The molecular formula is C12H13N3O4S. The van der Waals surface area contributed by atoms with Crippen molar-refractivity contribution in [1.29, 1.82) is 0 Å². The molecule has 0 bridgehead atoms. The summed E-state index contributed by atoms with van der Waals surface area (Å²) in [6.45, 7) is 0.138. The minimum atomic E-state index is -3.81. The van der Waals surface area contributed by atoms with E-state index in [1.165, 1.54) is 20.3 Å². The largest absolute Gasteiger partial charge is 0.394 e. The lowest BCUT2D eigenvalue weighted by molar-refractivity contribution is -0.121. The van der Waals surface area contributed by atoms with Gasteiger partial charge in [0.2, 0.25) is 0 Å². The molecule has 0 atom stereocenters. The van der Waals surface area contributed by atoms with Gasteiger partial charge in [0.05, 0.1) is 11.9 Å². The summed E-state index contributed by atoms with van der Waals surface area (Å²) in [6, 6.07) is 8.69. The summed E-state index contributed by atoms with van der Waals surface area (Å²) in [5, 5.41) is 0. The highest BCUT2D eigenvalue weighted by molar-refractivity contribution is 7.87. The van der Waals surface area contributed by atoms with Crippen LogP contribution in [0.4, 0.5) is 0 Å². The second-order valence-corrected chi connectivity index (χ2v) is 6.09. The highest BCUT2D eigenvalue weighted by Gasteiger charge is 2.23. The van der Waals surface area contributed by atoms with Crippen LogP contribution in [0.25, 0.3) is 11.3 Å². The Balaban J connectivity index is 2.58. The molecule has 106 valence electrons. The molecule has 0 radical (unpaired) electrons. The standard InChI is InChI=1S/C12H13N3O4S/c1-14(2)20(17,18)15-8-11(13-12(15)19-9-16)10-6-4-3-5-7-10/h3-9H,1-2H3. The van der Waals surface area contributed by atoms with Gasteiger partial charge in [-0.25, -0.2) is 0 Å². The second kappa shape index (κ2) is 5.43.